The van der Waals surface area contributed by atoms with E-state index in [1.54, 1.807) is 12.1 Å². The van der Waals surface area contributed by atoms with E-state index in [9.17, 15) is 4.79 Å². The van der Waals surface area contributed by atoms with Crippen LogP contribution in [0.25, 0.3) is 0 Å². The second-order valence-corrected chi connectivity index (χ2v) is 6.61. The van der Waals surface area contributed by atoms with E-state index < -0.39 is 0 Å². The molecule has 1 heterocycles. The summed E-state index contributed by atoms with van der Waals surface area (Å²) in [6, 6.07) is 13.2. The highest BCUT2D eigenvalue weighted by atomic mass is 79.9. The van der Waals surface area contributed by atoms with Crippen LogP contribution >= 0.6 is 15.9 Å². The molecule has 3 rings (SSSR count). The van der Waals surface area contributed by atoms with Gasteiger partial charge in [0.15, 0.2) is 11.5 Å². The molecule has 0 saturated heterocycles. The van der Waals surface area contributed by atoms with Gasteiger partial charge in [-0.3, -0.25) is 4.79 Å². The molecule has 0 radical (unpaired) electrons. The molecule has 0 fully saturated rings. The Bertz CT molecular complexity index is 722. The number of amides is 1. The van der Waals surface area contributed by atoms with Crippen molar-refractivity contribution in [3.8, 4) is 11.5 Å². The van der Waals surface area contributed by atoms with E-state index in [1.807, 2.05) is 30.3 Å². The quantitative estimate of drug-likeness (QED) is 0.726. The molecule has 0 aromatic heterocycles. The molecule has 2 N–H and O–H groups in total. The second-order valence-electron chi connectivity index (χ2n) is 5.75. The lowest BCUT2D eigenvalue weighted by molar-refractivity contribution is 0.0954. The van der Waals surface area contributed by atoms with Crippen LogP contribution in [0.3, 0.4) is 0 Å². The van der Waals surface area contributed by atoms with Gasteiger partial charge in [-0.15, -0.1) is 0 Å². The molecule has 1 aliphatic heterocycles. The van der Waals surface area contributed by atoms with Gasteiger partial charge in [0.1, 0.15) is 0 Å². The van der Waals surface area contributed by atoms with Crippen LogP contribution < -0.4 is 20.1 Å². The zero-order valence-corrected chi connectivity index (χ0v) is 15.5. The van der Waals surface area contributed by atoms with Gasteiger partial charge in [0.2, 0.25) is 0 Å². The minimum Gasteiger partial charge on any atom is -0.490 e. The lowest BCUT2D eigenvalue weighted by atomic mass is 10.2. The first-order chi connectivity index (χ1) is 12.2. The van der Waals surface area contributed by atoms with Crippen molar-refractivity contribution in [2.75, 3.05) is 26.3 Å². The Morgan fingerprint density at radius 2 is 1.88 bits per heavy atom. The van der Waals surface area contributed by atoms with Crippen LogP contribution in [0, 0.1) is 0 Å². The minimum atomic E-state index is -0.0549. The number of benzene rings is 2. The van der Waals surface area contributed by atoms with Gasteiger partial charge < -0.3 is 20.1 Å². The van der Waals surface area contributed by atoms with Crippen molar-refractivity contribution in [2.24, 2.45) is 0 Å². The highest BCUT2D eigenvalue weighted by Gasteiger charge is 2.15. The van der Waals surface area contributed by atoms with Gasteiger partial charge >= 0.3 is 0 Å². The molecule has 0 spiro atoms. The van der Waals surface area contributed by atoms with Gasteiger partial charge in [-0.05, 0) is 45.8 Å². The zero-order chi connectivity index (χ0) is 17.5. The molecule has 1 amide bonds. The predicted octanol–water partition coefficient (Wildman–Crippen LogP) is 3.13. The van der Waals surface area contributed by atoms with Crippen molar-refractivity contribution < 1.29 is 14.3 Å². The molecule has 1 aliphatic rings. The number of carbonyl (C=O) groups excluding carboxylic acids is 1. The van der Waals surface area contributed by atoms with Crippen LogP contribution in [-0.4, -0.2) is 32.2 Å². The standard InChI is InChI=1S/C19H21BrN2O3/c20-16-11-14(12-17-18(16)25-10-4-9-24-17)13-21-7-8-22-19(23)15-5-2-1-3-6-15/h1-3,5-6,11-12,21H,4,7-10,13H2,(H,22,23). The van der Waals surface area contributed by atoms with E-state index in [2.05, 4.69) is 26.6 Å². The van der Waals surface area contributed by atoms with E-state index in [1.165, 1.54) is 0 Å². The largest absolute Gasteiger partial charge is 0.490 e. The molecular weight excluding hydrogens is 384 g/mol. The number of carbonyl (C=O) groups is 1. The van der Waals surface area contributed by atoms with Crippen LogP contribution in [0.15, 0.2) is 46.9 Å². The van der Waals surface area contributed by atoms with E-state index >= 15 is 0 Å². The smallest absolute Gasteiger partial charge is 0.251 e. The molecule has 2 aromatic carbocycles. The molecule has 2 aromatic rings. The monoisotopic (exact) mass is 404 g/mol. The van der Waals surface area contributed by atoms with Gasteiger partial charge in [0, 0.05) is 31.6 Å². The number of rotatable bonds is 6. The molecule has 132 valence electrons. The Balaban J connectivity index is 1.45. The van der Waals surface area contributed by atoms with Crippen LogP contribution in [-0.2, 0) is 6.54 Å². The molecule has 0 atom stereocenters. The third kappa shape index (κ3) is 4.96. The topological polar surface area (TPSA) is 59.6 Å². The highest BCUT2D eigenvalue weighted by molar-refractivity contribution is 9.10. The highest BCUT2D eigenvalue weighted by Crippen LogP contribution is 2.38. The van der Waals surface area contributed by atoms with E-state index in [0.717, 1.165) is 28.0 Å². The molecule has 25 heavy (non-hydrogen) atoms. The van der Waals surface area contributed by atoms with Crippen LogP contribution in [0.2, 0.25) is 0 Å². The van der Waals surface area contributed by atoms with Crippen molar-refractivity contribution in [1.82, 2.24) is 10.6 Å². The van der Waals surface area contributed by atoms with Gasteiger partial charge in [-0.2, -0.15) is 0 Å². The first kappa shape index (κ1) is 17.8. The molecule has 0 saturated carbocycles. The zero-order valence-electron chi connectivity index (χ0n) is 13.9. The van der Waals surface area contributed by atoms with Crippen LogP contribution in [0.5, 0.6) is 11.5 Å². The summed E-state index contributed by atoms with van der Waals surface area (Å²) in [6.07, 6.45) is 0.885. The van der Waals surface area contributed by atoms with Crippen molar-refractivity contribution >= 4 is 21.8 Å². The molecule has 5 nitrogen and oxygen atoms in total. The maximum absolute atomic E-state index is 11.9. The summed E-state index contributed by atoms with van der Waals surface area (Å²) >= 11 is 3.55. The summed E-state index contributed by atoms with van der Waals surface area (Å²) in [7, 11) is 0. The number of fused-ring (bicyclic) bond motifs is 1. The third-order valence-electron chi connectivity index (χ3n) is 3.81. The number of hydrogen-bond acceptors (Lipinski definition) is 4. The number of halogens is 1. The SMILES string of the molecule is O=C(NCCNCc1cc(Br)c2c(c1)OCCCO2)c1ccccc1. The molecule has 0 bridgehead atoms. The van der Waals surface area contributed by atoms with E-state index in [-0.39, 0.29) is 5.91 Å². The Kier molecular flexibility index (Phi) is 6.30. The Labute approximate surface area is 155 Å². The van der Waals surface area contributed by atoms with E-state index in [4.69, 9.17) is 9.47 Å². The Hall–Kier alpha value is -2.05. The normalized spacial score (nSPS) is 13.2. The summed E-state index contributed by atoms with van der Waals surface area (Å²) in [4.78, 5) is 11.9. The molecular formula is C19H21BrN2O3. The van der Waals surface area contributed by atoms with Gasteiger partial charge in [-0.1, -0.05) is 18.2 Å². The van der Waals surface area contributed by atoms with Gasteiger partial charge in [0.05, 0.1) is 17.7 Å². The number of ether oxygens (including phenoxy) is 2. The van der Waals surface area contributed by atoms with Crippen LogP contribution in [0.4, 0.5) is 0 Å². The average Bonchev–Trinajstić information content (AvgIpc) is 2.88. The Morgan fingerprint density at radius 3 is 2.72 bits per heavy atom. The lowest BCUT2D eigenvalue weighted by Gasteiger charge is -2.12. The maximum atomic E-state index is 11.9. The molecule has 6 heteroatoms. The van der Waals surface area contributed by atoms with Crippen LogP contribution in [0.1, 0.15) is 22.3 Å². The molecule has 0 unspecified atom stereocenters. The fourth-order valence-corrected chi connectivity index (χ4v) is 3.18. The fourth-order valence-electron chi connectivity index (χ4n) is 2.57. The summed E-state index contributed by atoms with van der Waals surface area (Å²) in [5.74, 6) is 1.50. The second kappa shape index (κ2) is 8.87. The van der Waals surface area contributed by atoms with Crippen molar-refractivity contribution in [3.05, 3.63) is 58.1 Å². The van der Waals surface area contributed by atoms with Crippen molar-refractivity contribution in [1.29, 1.82) is 0 Å². The predicted molar refractivity (Wildman–Crippen MR) is 100 cm³/mol. The van der Waals surface area contributed by atoms with Gasteiger partial charge in [-0.25, -0.2) is 0 Å². The summed E-state index contributed by atoms with van der Waals surface area (Å²) < 4.78 is 12.3. The minimum absolute atomic E-state index is 0.0549. The molecule has 0 aliphatic carbocycles. The van der Waals surface area contributed by atoms with E-state index in [0.29, 0.717) is 38.4 Å². The number of nitrogens with one attached hydrogen (secondary N) is 2. The van der Waals surface area contributed by atoms with Crippen molar-refractivity contribution in [2.45, 2.75) is 13.0 Å². The summed E-state index contributed by atoms with van der Waals surface area (Å²) in [5.41, 5.74) is 1.78. The fraction of sp³-hybridized carbons (Fsp3) is 0.316. The first-order valence-corrected chi connectivity index (χ1v) is 9.15. The maximum Gasteiger partial charge on any atom is 0.251 e. The summed E-state index contributed by atoms with van der Waals surface area (Å²) in [5, 5.41) is 6.23. The summed E-state index contributed by atoms with van der Waals surface area (Å²) in [6.45, 7) is 3.28. The van der Waals surface area contributed by atoms with Crippen molar-refractivity contribution in [3.63, 3.8) is 0 Å². The lowest BCUT2D eigenvalue weighted by Crippen LogP contribution is -2.31. The Morgan fingerprint density at radius 1 is 1.08 bits per heavy atom. The first-order valence-electron chi connectivity index (χ1n) is 8.36. The average molecular weight is 405 g/mol. The third-order valence-corrected chi connectivity index (χ3v) is 4.40. The van der Waals surface area contributed by atoms with Gasteiger partial charge in [0.25, 0.3) is 5.91 Å². The number of hydrogen-bond donors (Lipinski definition) is 2.